The Hall–Kier alpha value is -3.28. The normalized spacial score (nSPS) is 11.8. The van der Waals surface area contributed by atoms with Crippen molar-refractivity contribution in [2.75, 3.05) is 0 Å². The minimum Gasteiger partial charge on any atom is -0.304 e. The van der Waals surface area contributed by atoms with Crippen LogP contribution in [0.3, 0.4) is 0 Å². The molecule has 0 aliphatic carbocycles. The number of nitrogens with zero attached hydrogens (tertiary/aromatic N) is 3. The van der Waals surface area contributed by atoms with Crippen LogP contribution in [0.1, 0.15) is 15.2 Å². The number of thiophene rings is 1. The van der Waals surface area contributed by atoms with Gasteiger partial charge in [-0.05, 0) is 30.7 Å². The van der Waals surface area contributed by atoms with E-state index in [1.54, 1.807) is 12.1 Å². The van der Waals surface area contributed by atoms with Gasteiger partial charge in [-0.2, -0.15) is 4.99 Å². The van der Waals surface area contributed by atoms with Crippen molar-refractivity contribution in [2.24, 2.45) is 4.99 Å². The molecule has 0 fully saturated rings. The van der Waals surface area contributed by atoms with Crippen LogP contribution < -0.4 is 4.80 Å². The van der Waals surface area contributed by atoms with Crippen LogP contribution in [0.5, 0.6) is 0 Å². The third-order valence-electron chi connectivity index (χ3n) is 4.27. The van der Waals surface area contributed by atoms with Crippen molar-refractivity contribution < 1.29 is 9.72 Å². The second-order valence-corrected chi connectivity index (χ2v) is 8.20. The zero-order valence-corrected chi connectivity index (χ0v) is 16.3. The highest BCUT2D eigenvalue weighted by molar-refractivity contribution is 7.21. The molecule has 0 saturated carbocycles. The lowest BCUT2D eigenvalue weighted by molar-refractivity contribution is -0.384. The maximum atomic E-state index is 12.8. The molecule has 0 radical (unpaired) electrons. The SMILES string of the molecule is C#CCn1c(=NC(=O)c2cc3cc([N+](=O)[O-])ccc3s2)sc2cccc(C)c21. The number of nitro benzene ring substituents is 1. The predicted octanol–water partition coefficient (Wildman–Crippen LogP) is 4.51. The summed E-state index contributed by atoms with van der Waals surface area (Å²) in [6.45, 7) is 2.31. The zero-order chi connectivity index (χ0) is 19.8. The fourth-order valence-corrected chi connectivity index (χ4v) is 5.06. The van der Waals surface area contributed by atoms with Crippen molar-refractivity contribution in [3.05, 3.63) is 67.8 Å². The first-order chi connectivity index (χ1) is 13.5. The topological polar surface area (TPSA) is 77.5 Å². The van der Waals surface area contributed by atoms with Gasteiger partial charge in [-0.15, -0.1) is 17.8 Å². The summed E-state index contributed by atoms with van der Waals surface area (Å²) >= 11 is 2.67. The molecule has 0 atom stereocenters. The van der Waals surface area contributed by atoms with E-state index < -0.39 is 4.92 Å². The average molecular weight is 407 g/mol. The van der Waals surface area contributed by atoms with Crippen molar-refractivity contribution in [1.29, 1.82) is 0 Å². The number of hydrogen-bond donors (Lipinski definition) is 0. The molecule has 0 N–H and O–H groups in total. The Balaban J connectivity index is 1.83. The third kappa shape index (κ3) is 3.11. The molecule has 0 aliphatic rings. The second-order valence-electron chi connectivity index (χ2n) is 6.10. The van der Waals surface area contributed by atoms with Crippen molar-refractivity contribution in [1.82, 2.24) is 4.57 Å². The lowest BCUT2D eigenvalue weighted by Gasteiger charge is -2.02. The number of nitro groups is 1. The summed E-state index contributed by atoms with van der Waals surface area (Å²) in [5.41, 5.74) is 2.03. The summed E-state index contributed by atoms with van der Waals surface area (Å²) in [5.74, 6) is 2.23. The number of rotatable bonds is 3. The number of benzene rings is 2. The number of non-ortho nitro benzene ring substituents is 1. The minimum atomic E-state index is -0.453. The quantitative estimate of drug-likeness (QED) is 0.285. The number of carbonyl (C=O) groups excluding carboxylic acids is 1. The Kier molecular flexibility index (Phi) is 4.55. The van der Waals surface area contributed by atoms with Gasteiger partial charge in [0, 0.05) is 22.2 Å². The average Bonchev–Trinajstić information content (AvgIpc) is 3.24. The van der Waals surface area contributed by atoms with Gasteiger partial charge in [-0.1, -0.05) is 29.4 Å². The van der Waals surface area contributed by atoms with Crippen molar-refractivity contribution >= 4 is 54.6 Å². The first-order valence-electron chi connectivity index (χ1n) is 8.27. The van der Waals surface area contributed by atoms with Crippen LogP contribution in [-0.4, -0.2) is 15.4 Å². The maximum Gasteiger partial charge on any atom is 0.289 e. The molecule has 6 nitrogen and oxygen atoms in total. The highest BCUT2D eigenvalue weighted by atomic mass is 32.1. The minimum absolute atomic E-state index is 0.00641. The van der Waals surface area contributed by atoms with E-state index in [0.717, 1.165) is 20.5 Å². The first kappa shape index (κ1) is 18.1. The smallest absolute Gasteiger partial charge is 0.289 e. The van der Waals surface area contributed by atoms with E-state index >= 15 is 0 Å². The van der Waals surface area contributed by atoms with E-state index in [0.29, 0.717) is 21.6 Å². The molecule has 2 heterocycles. The number of fused-ring (bicyclic) bond motifs is 2. The lowest BCUT2D eigenvalue weighted by Crippen LogP contribution is -2.16. The van der Waals surface area contributed by atoms with E-state index in [4.69, 9.17) is 6.42 Å². The fraction of sp³-hybridized carbons (Fsp3) is 0.100. The second kappa shape index (κ2) is 7.03. The number of amides is 1. The number of hydrogen-bond acceptors (Lipinski definition) is 5. The fourth-order valence-electron chi connectivity index (χ4n) is 3.02. The van der Waals surface area contributed by atoms with Gasteiger partial charge in [-0.25, -0.2) is 0 Å². The Bertz CT molecular complexity index is 1370. The van der Waals surface area contributed by atoms with Crippen molar-refractivity contribution in [2.45, 2.75) is 13.5 Å². The summed E-state index contributed by atoms with van der Waals surface area (Å²) < 4.78 is 3.67. The molecule has 0 bridgehead atoms. The summed E-state index contributed by atoms with van der Waals surface area (Å²) in [6.07, 6.45) is 5.52. The van der Waals surface area contributed by atoms with Gasteiger partial charge in [-0.3, -0.25) is 14.9 Å². The predicted molar refractivity (Wildman–Crippen MR) is 112 cm³/mol. The van der Waals surface area contributed by atoms with Crippen LogP contribution in [0, 0.1) is 29.4 Å². The molecule has 4 rings (SSSR count). The monoisotopic (exact) mass is 407 g/mol. The van der Waals surface area contributed by atoms with Crippen LogP contribution in [0.15, 0.2) is 47.5 Å². The standard InChI is InChI=1S/C20H13N3O3S2/c1-3-9-22-18-12(2)5-4-6-16(18)28-20(22)21-19(24)17-11-13-10-14(23(25)26)7-8-15(13)27-17/h1,4-8,10-11H,9H2,2H3. The first-order valence-corrected chi connectivity index (χ1v) is 9.90. The molecule has 28 heavy (non-hydrogen) atoms. The Morgan fingerprint density at radius 2 is 2.07 bits per heavy atom. The Morgan fingerprint density at radius 1 is 1.25 bits per heavy atom. The van der Waals surface area contributed by atoms with Gasteiger partial charge in [0.25, 0.3) is 11.6 Å². The van der Waals surface area contributed by atoms with Crippen LogP contribution in [-0.2, 0) is 6.54 Å². The molecular formula is C20H13N3O3S2. The number of aryl methyl sites for hydroxylation is 1. The highest BCUT2D eigenvalue weighted by Gasteiger charge is 2.14. The Labute approximate surface area is 167 Å². The largest absolute Gasteiger partial charge is 0.304 e. The number of thiazole rings is 1. The summed E-state index contributed by atoms with van der Waals surface area (Å²) in [4.78, 5) is 28.5. The molecule has 0 spiro atoms. The van der Waals surface area contributed by atoms with Gasteiger partial charge in [0.2, 0.25) is 0 Å². The number of carbonyl (C=O) groups is 1. The van der Waals surface area contributed by atoms with E-state index in [9.17, 15) is 14.9 Å². The number of aromatic nitrogens is 1. The van der Waals surface area contributed by atoms with E-state index in [1.165, 1.54) is 34.8 Å². The highest BCUT2D eigenvalue weighted by Crippen LogP contribution is 2.29. The maximum absolute atomic E-state index is 12.8. The third-order valence-corrected chi connectivity index (χ3v) is 6.42. The zero-order valence-electron chi connectivity index (χ0n) is 14.7. The van der Waals surface area contributed by atoms with Gasteiger partial charge >= 0.3 is 0 Å². The molecular weight excluding hydrogens is 394 g/mol. The van der Waals surface area contributed by atoms with E-state index in [2.05, 4.69) is 10.9 Å². The molecule has 8 heteroatoms. The Morgan fingerprint density at radius 3 is 2.82 bits per heavy atom. The van der Waals surface area contributed by atoms with Crippen LogP contribution >= 0.6 is 22.7 Å². The van der Waals surface area contributed by atoms with Crippen LogP contribution in [0.4, 0.5) is 5.69 Å². The van der Waals surface area contributed by atoms with Crippen molar-refractivity contribution in [3.8, 4) is 12.3 Å². The lowest BCUT2D eigenvalue weighted by atomic mass is 10.2. The molecule has 0 aliphatic heterocycles. The molecule has 4 aromatic rings. The molecule has 138 valence electrons. The molecule has 0 saturated heterocycles. The molecule has 1 amide bonds. The summed E-state index contributed by atoms with van der Waals surface area (Å²) in [5, 5.41) is 11.6. The number of para-hydroxylation sites is 1. The summed E-state index contributed by atoms with van der Waals surface area (Å²) in [7, 11) is 0. The van der Waals surface area contributed by atoms with E-state index in [-0.39, 0.29) is 11.6 Å². The molecule has 0 unspecified atom stereocenters. The molecule has 2 aromatic carbocycles. The van der Waals surface area contributed by atoms with Gasteiger partial charge in [0.1, 0.15) is 0 Å². The van der Waals surface area contributed by atoms with Gasteiger partial charge in [0.15, 0.2) is 4.80 Å². The van der Waals surface area contributed by atoms with E-state index in [1.807, 2.05) is 29.7 Å². The molecule has 2 aromatic heterocycles. The number of terminal acetylenes is 1. The van der Waals surface area contributed by atoms with Crippen molar-refractivity contribution in [3.63, 3.8) is 0 Å². The summed E-state index contributed by atoms with van der Waals surface area (Å²) in [6, 6.07) is 12.1. The van der Waals surface area contributed by atoms with Crippen LogP contribution in [0.2, 0.25) is 0 Å². The van der Waals surface area contributed by atoms with Gasteiger partial charge < -0.3 is 4.57 Å². The van der Waals surface area contributed by atoms with Crippen LogP contribution in [0.25, 0.3) is 20.3 Å². The van der Waals surface area contributed by atoms with Gasteiger partial charge in [0.05, 0.1) is 26.6 Å².